The summed E-state index contributed by atoms with van der Waals surface area (Å²) in [6, 6.07) is 4.29. The minimum Gasteiger partial charge on any atom is -0.483 e. The molecule has 8 heteroatoms. The number of hydrogen-bond acceptors (Lipinski definition) is 6. The molecule has 0 aliphatic carbocycles. The van der Waals surface area contributed by atoms with E-state index in [2.05, 4.69) is 9.88 Å². The summed E-state index contributed by atoms with van der Waals surface area (Å²) in [6.07, 6.45) is 6.46. The van der Waals surface area contributed by atoms with E-state index < -0.39 is 0 Å². The van der Waals surface area contributed by atoms with Crippen LogP contribution in [0.3, 0.4) is 0 Å². The molecule has 0 aromatic carbocycles. The van der Waals surface area contributed by atoms with E-state index >= 15 is 0 Å². The molecular weight excluding hydrogens is 374 g/mol. The summed E-state index contributed by atoms with van der Waals surface area (Å²) >= 11 is 0. The van der Waals surface area contributed by atoms with E-state index in [0.29, 0.717) is 42.5 Å². The minimum atomic E-state index is -0.250. The van der Waals surface area contributed by atoms with Crippen LogP contribution >= 0.6 is 0 Å². The maximum Gasteiger partial charge on any atom is 0.290 e. The lowest BCUT2D eigenvalue weighted by Crippen LogP contribution is -2.65. The number of carboxylic acid groups (broad SMARTS) is 1. The van der Waals surface area contributed by atoms with Crippen molar-refractivity contribution in [2.45, 2.75) is 44.7 Å². The summed E-state index contributed by atoms with van der Waals surface area (Å²) in [5, 5.41) is 16.9. The van der Waals surface area contributed by atoms with Gasteiger partial charge in [0.1, 0.15) is 5.56 Å². The van der Waals surface area contributed by atoms with Gasteiger partial charge < -0.3 is 19.8 Å². The summed E-state index contributed by atoms with van der Waals surface area (Å²) in [5.74, 6) is 1.29. The number of aromatic nitrogens is 1. The molecule has 29 heavy (non-hydrogen) atoms. The number of likely N-dealkylation sites (tertiary alicyclic amines) is 1. The Bertz CT molecular complexity index is 687. The average molecular weight is 405 g/mol. The van der Waals surface area contributed by atoms with Crippen molar-refractivity contribution in [2.24, 2.45) is 11.8 Å². The van der Waals surface area contributed by atoms with Crippen LogP contribution in [0.5, 0.6) is 5.88 Å². The Kier molecular flexibility index (Phi) is 7.44. The fraction of sp³-hybridized carbons (Fsp3) is 0.667. The number of carbonyl (C=O) groups is 2. The molecule has 3 saturated heterocycles. The van der Waals surface area contributed by atoms with E-state index in [1.54, 1.807) is 18.3 Å². The van der Waals surface area contributed by atoms with Gasteiger partial charge >= 0.3 is 0 Å². The molecule has 3 aliphatic heterocycles. The predicted molar refractivity (Wildman–Crippen MR) is 107 cm³/mol. The Hall–Kier alpha value is -2.19. The van der Waals surface area contributed by atoms with E-state index in [4.69, 9.17) is 14.6 Å². The molecular formula is C21H31N3O5. The zero-order chi connectivity index (χ0) is 20.8. The van der Waals surface area contributed by atoms with Crippen molar-refractivity contribution in [3.8, 4) is 5.88 Å². The number of pyridine rings is 1. The number of ether oxygens (including phenoxy) is 1. The van der Waals surface area contributed by atoms with Crippen LogP contribution in [0.15, 0.2) is 18.3 Å². The molecule has 2 bridgehead atoms. The summed E-state index contributed by atoms with van der Waals surface area (Å²) in [5.41, 5.74) is 0.551. The molecule has 0 saturated carbocycles. The van der Waals surface area contributed by atoms with Crippen LogP contribution in [-0.2, 0) is 4.79 Å². The first-order valence-corrected chi connectivity index (χ1v) is 10.5. The number of aliphatic hydroxyl groups excluding tert-OH is 1. The molecule has 3 fully saturated rings. The second-order valence-electron chi connectivity index (χ2n) is 7.91. The molecule has 0 unspecified atom stereocenters. The number of piperidine rings is 3. The molecule has 8 nitrogen and oxygen atoms in total. The second kappa shape index (κ2) is 10.0. The molecule has 160 valence electrons. The van der Waals surface area contributed by atoms with Crippen molar-refractivity contribution in [3.05, 3.63) is 23.9 Å². The maximum atomic E-state index is 13.2. The van der Waals surface area contributed by atoms with Gasteiger partial charge in [-0.15, -0.1) is 0 Å². The predicted octanol–water partition coefficient (Wildman–Crippen LogP) is 1.49. The highest BCUT2D eigenvalue weighted by atomic mass is 16.5. The SMILES string of the molecule is CCOc1ncccc1C(=O)N1C[C@H]2C[C@@H](C1)[C@H](CO)N1CCCC[C@@H]21.O=CO. The van der Waals surface area contributed by atoms with Gasteiger partial charge in [-0.2, -0.15) is 0 Å². The van der Waals surface area contributed by atoms with Crippen molar-refractivity contribution in [1.82, 2.24) is 14.8 Å². The first-order chi connectivity index (χ1) is 14.1. The van der Waals surface area contributed by atoms with Gasteiger partial charge in [0.25, 0.3) is 12.4 Å². The molecule has 1 aromatic heterocycles. The van der Waals surface area contributed by atoms with Crippen LogP contribution in [0.2, 0.25) is 0 Å². The molecule has 1 aromatic rings. The number of nitrogens with zero attached hydrogens (tertiary/aromatic N) is 3. The van der Waals surface area contributed by atoms with Crippen molar-refractivity contribution in [3.63, 3.8) is 0 Å². The van der Waals surface area contributed by atoms with Crippen molar-refractivity contribution < 1.29 is 24.5 Å². The van der Waals surface area contributed by atoms with Gasteiger partial charge in [-0.3, -0.25) is 14.5 Å². The van der Waals surface area contributed by atoms with E-state index in [-0.39, 0.29) is 25.0 Å². The Morgan fingerprint density at radius 1 is 1.34 bits per heavy atom. The Balaban J connectivity index is 0.000000755. The first kappa shape index (κ1) is 21.5. The molecule has 4 atom stereocenters. The number of hydrogen-bond donors (Lipinski definition) is 2. The topological polar surface area (TPSA) is 103 Å². The Morgan fingerprint density at radius 3 is 2.83 bits per heavy atom. The third-order valence-electron chi connectivity index (χ3n) is 6.38. The third kappa shape index (κ3) is 4.53. The standard InChI is InChI=1S/C20H29N3O3.CH2O2/c1-2-26-19-16(6-5-8-21-19)20(25)22-11-14-10-15(12-22)18(13-24)23-9-4-3-7-17(14)23;2-1-3/h5-6,8,14-15,17-18,24H,2-4,7,9-13H2,1H3;1H,(H,2,3)/t14-,15+,17+,18+;/m1./s1. The lowest BCUT2D eigenvalue weighted by atomic mass is 9.72. The molecule has 1 amide bonds. The summed E-state index contributed by atoms with van der Waals surface area (Å²) in [7, 11) is 0. The lowest BCUT2D eigenvalue weighted by molar-refractivity contribution is -0.122. The van der Waals surface area contributed by atoms with Gasteiger partial charge in [0.15, 0.2) is 0 Å². The quantitative estimate of drug-likeness (QED) is 0.732. The van der Waals surface area contributed by atoms with Crippen molar-refractivity contribution in [1.29, 1.82) is 0 Å². The highest BCUT2D eigenvalue weighted by Crippen LogP contribution is 2.41. The van der Waals surface area contributed by atoms with Crippen LogP contribution in [-0.4, -0.2) is 82.3 Å². The average Bonchev–Trinajstić information content (AvgIpc) is 2.75. The highest BCUT2D eigenvalue weighted by molar-refractivity contribution is 5.96. The number of carbonyl (C=O) groups excluding carboxylic acids is 1. The van der Waals surface area contributed by atoms with Crippen LogP contribution in [0.4, 0.5) is 0 Å². The van der Waals surface area contributed by atoms with Gasteiger partial charge in [-0.1, -0.05) is 6.42 Å². The van der Waals surface area contributed by atoms with Crippen LogP contribution in [0.1, 0.15) is 43.0 Å². The van der Waals surface area contributed by atoms with Crippen molar-refractivity contribution in [2.75, 3.05) is 32.8 Å². The molecule has 0 spiro atoms. The second-order valence-corrected chi connectivity index (χ2v) is 7.91. The summed E-state index contributed by atoms with van der Waals surface area (Å²) < 4.78 is 5.56. The molecule has 4 rings (SSSR count). The van der Waals surface area contributed by atoms with Crippen LogP contribution < -0.4 is 4.74 Å². The zero-order valence-electron chi connectivity index (χ0n) is 16.9. The third-order valence-corrected chi connectivity index (χ3v) is 6.38. The van der Waals surface area contributed by atoms with Crippen LogP contribution in [0, 0.1) is 11.8 Å². The molecule has 4 heterocycles. The number of aliphatic hydroxyl groups is 1. The Morgan fingerprint density at radius 2 is 2.10 bits per heavy atom. The smallest absolute Gasteiger partial charge is 0.290 e. The Labute approximate surface area is 171 Å². The van der Waals surface area contributed by atoms with Gasteiger partial charge in [0, 0.05) is 31.4 Å². The van der Waals surface area contributed by atoms with Crippen molar-refractivity contribution >= 4 is 12.4 Å². The fourth-order valence-corrected chi connectivity index (χ4v) is 5.30. The minimum absolute atomic E-state index is 0.0113. The van der Waals surface area contributed by atoms with E-state index in [0.717, 1.165) is 19.5 Å². The van der Waals surface area contributed by atoms with Gasteiger partial charge in [-0.25, -0.2) is 4.98 Å². The fourth-order valence-electron chi connectivity index (χ4n) is 5.30. The first-order valence-electron chi connectivity index (χ1n) is 10.5. The van der Waals surface area contributed by atoms with E-state index in [9.17, 15) is 9.90 Å². The van der Waals surface area contributed by atoms with Crippen LogP contribution in [0.25, 0.3) is 0 Å². The normalized spacial score (nSPS) is 28.6. The summed E-state index contributed by atoms with van der Waals surface area (Å²) in [6.45, 7) is 4.93. The molecule has 3 aliphatic rings. The molecule has 0 radical (unpaired) electrons. The monoisotopic (exact) mass is 405 g/mol. The largest absolute Gasteiger partial charge is 0.483 e. The van der Waals surface area contributed by atoms with Gasteiger partial charge in [0.2, 0.25) is 5.88 Å². The van der Waals surface area contributed by atoms with E-state index in [1.807, 2.05) is 11.8 Å². The highest BCUT2D eigenvalue weighted by Gasteiger charge is 2.47. The zero-order valence-corrected chi connectivity index (χ0v) is 16.9. The maximum absolute atomic E-state index is 13.2. The lowest BCUT2D eigenvalue weighted by Gasteiger charge is -2.56. The van der Waals surface area contributed by atoms with Gasteiger partial charge in [-0.05, 0) is 56.7 Å². The number of rotatable bonds is 4. The number of fused-ring (bicyclic) bond motifs is 4. The van der Waals surface area contributed by atoms with E-state index in [1.165, 1.54) is 19.3 Å². The molecule has 2 N–H and O–H groups in total. The number of amides is 1. The summed E-state index contributed by atoms with van der Waals surface area (Å²) in [4.78, 5) is 30.3. The van der Waals surface area contributed by atoms with Gasteiger partial charge in [0.05, 0.1) is 13.2 Å².